The van der Waals surface area contributed by atoms with Crippen LogP contribution in [0.15, 0.2) is 41.6 Å². The summed E-state index contributed by atoms with van der Waals surface area (Å²) in [6, 6.07) is 5.68. The average Bonchev–Trinajstić information content (AvgIpc) is 2.88. The molecule has 1 aromatic heterocycles. The molecule has 0 aliphatic rings. The molecule has 0 fully saturated rings. The van der Waals surface area contributed by atoms with Crippen molar-refractivity contribution in [1.29, 1.82) is 0 Å². The molecule has 2 rings (SSSR count). The van der Waals surface area contributed by atoms with E-state index < -0.39 is 15.8 Å². The van der Waals surface area contributed by atoms with Crippen LogP contribution in [0.25, 0.3) is 0 Å². The predicted octanol–water partition coefficient (Wildman–Crippen LogP) is 0.806. The Morgan fingerprint density at radius 3 is 2.75 bits per heavy atom. The molecule has 20 heavy (non-hydrogen) atoms. The minimum atomic E-state index is -3.84. The largest absolute Gasteiger partial charge is 0.329 e. The maximum absolute atomic E-state index is 13.7. The summed E-state index contributed by atoms with van der Waals surface area (Å²) in [5.41, 5.74) is 5.36. The van der Waals surface area contributed by atoms with E-state index in [9.17, 15) is 12.8 Å². The maximum Gasteiger partial charge on any atom is 0.267 e. The summed E-state index contributed by atoms with van der Waals surface area (Å²) in [6.07, 6.45) is 2.60. The van der Waals surface area contributed by atoms with Gasteiger partial charge in [-0.15, -0.1) is 0 Å². The molecule has 8 heteroatoms. The molecule has 1 heterocycles. The van der Waals surface area contributed by atoms with Crippen molar-refractivity contribution in [2.24, 2.45) is 5.73 Å². The van der Waals surface area contributed by atoms with Crippen LogP contribution < -0.4 is 10.0 Å². The standard InChI is InChI=1S/C12H15FN4O2S/c1-16(12-5-3-2-4-11(12)13)20(18,19)10-8-15-17(9-10)7-6-14/h2-5,8-9H,6-7,14H2,1H3. The van der Waals surface area contributed by atoms with Gasteiger partial charge >= 0.3 is 0 Å². The lowest BCUT2D eigenvalue weighted by Gasteiger charge is -2.18. The highest BCUT2D eigenvalue weighted by Crippen LogP contribution is 2.24. The molecule has 0 spiro atoms. The third-order valence-corrected chi connectivity index (χ3v) is 4.54. The van der Waals surface area contributed by atoms with Crippen LogP contribution in [0.3, 0.4) is 0 Å². The van der Waals surface area contributed by atoms with E-state index in [0.717, 1.165) is 4.31 Å². The molecule has 0 atom stereocenters. The zero-order valence-electron chi connectivity index (χ0n) is 10.9. The van der Waals surface area contributed by atoms with E-state index in [1.807, 2.05) is 0 Å². The third kappa shape index (κ3) is 2.66. The Morgan fingerprint density at radius 2 is 2.10 bits per heavy atom. The minimum absolute atomic E-state index is 0.00305. The summed E-state index contributed by atoms with van der Waals surface area (Å²) in [5.74, 6) is -0.604. The van der Waals surface area contributed by atoms with Crippen molar-refractivity contribution in [3.63, 3.8) is 0 Å². The van der Waals surface area contributed by atoms with Crippen molar-refractivity contribution in [3.05, 3.63) is 42.5 Å². The summed E-state index contributed by atoms with van der Waals surface area (Å²) in [5, 5.41) is 3.91. The van der Waals surface area contributed by atoms with Crippen molar-refractivity contribution < 1.29 is 12.8 Å². The van der Waals surface area contributed by atoms with Gasteiger partial charge < -0.3 is 5.73 Å². The highest BCUT2D eigenvalue weighted by Gasteiger charge is 2.24. The van der Waals surface area contributed by atoms with Gasteiger partial charge in [0.2, 0.25) is 0 Å². The molecule has 0 aliphatic carbocycles. The topological polar surface area (TPSA) is 81.2 Å². The highest BCUT2D eigenvalue weighted by atomic mass is 32.2. The number of rotatable bonds is 5. The van der Waals surface area contributed by atoms with Gasteiger partial charge in [-0.1, -0.05) is 12.1 Å². The Balaban J connectivity index is 2.36. The first-order valence-corrected chi connectivity index (χ1v) is 7.37. The van der Waals surface area contributed by atoms with E-state index in [0.29, 0.717) is 13.1 Å². The number of nitrogens with two attached hydrogens (primary N) is 1. The fraction of sp³-hybridized carbons (Fsp3) is 0.250. The number of hydrogen-bond donors (Lipinski definition) is 1. The van der Waals surface area contributed by atoms with Crippen LogP contribution in [0, 0.1) is 5.82 Å². The second-order valence-electron chi connectivity index (χ2n) is 4.15. The molecule has 0 radical (unpaired) electrons. The van der Waals surface area contributed by atoms with E-state index in [-0.39, 0.29) is 10.6 Å². The fourth-order valence-corrected chi connectivity index (χ4v) is 2.89. The van der Waals surface area contributed by atoms with Crippen molar-refractivity contribution in [2.75, 3.05) is 17.9 Å². The van der Waals surface area contributed by atoms with Crippen LogP contribution in [-0.4, -0.2) is 31.8 Å². The number of benzene rings is 1. The van der Waals surface area contributed by atoms with Crippen LogP contribution in [0.2, 0.25) is 0 Å². The van der Waals surface area contributed by atoms with E-state index in [1.165, 1.54) is 42.3 Å². The summed E-state index contributed by atoms with van der Waals surface area (Å²) in [6.45, 7) is 0.767. The molecule has 0 bridgehead atoms. The lowest BCUT2D eigenvalue weighted by atomic mass is 10.3. The lowest BCUT2D eigenvalue weighted by molar-refractivity contribution is 0.588. The summed E-state index contributed by atoms with van der Waals surface area (Å²) >= 11 is 0. The van der Waals surface area contributed by atoms with Gasteiger partial charge in [-0.05, 0) is 12.1 Å². The number of anilines is 1. The van der Waals surface area contributed by atoms with Crippen LogP contribution >= 0.6 is 0 Å². The Kier molecular flexibility index (Phi) is 4.05. The Labute approximate surface area is 116 Å². The number of hydrogen-bond acceptors (Lipinski definition) is 4. The first-order valence-electron chi connectivity index (χ1n) is 5.93. The Morgan fingerprint density at radius 1 is 1.40 bits per heavy atom. The zero-order valence-corrected chi connectivity index (χ0v) is 11.7. The molecule has 108 valence electrons. The van der Waals surface area contributed by atoms with Crippen LogP contribution in [0.1, 0.15) is 0 Å². The molecule has 0 unspecified atom stereocenters. The molecule has 0 saturated heterocycles. The first kappa shape index (κ1) is 14.5. The lowest BCUT2D eigenvalue weighted by Crippen LogP contribution is -2.27. The molecule has 0 aliphatic heterocycles. The van der Waals surface area contributed by atoms with Crippen molar-refractivity contribution in [1.82, 2.24) is 9.78 Å². The number of halogens is 1. The third-order valence-electron chi connectivity index (χ3n) is 2.82. The Hall–Kier alpha value is -1.93. The first-order chi connectivity index (χ1) is 9.46. The Bertz CT molecular complexity index is 699. The SMILES string of the molecule is CN(c1ccccc1F)S(=O)(=O)c1cnn(CCN)c1. The van der Waals surface area contributed by atoms with Gasteiger partial charge in [0, 0.05) is 19.8 Å². The quantitative estimate of drug-likeness (QED) is 0.885. The average molecular weight is 298 g/mol. The van der Waals surface area contributed by atoms with Gasteiger partial charge in [0.15, 0.2) is 0 Å². The van der Waals surface area contributed by atoms with Crippen molar-refractivity contribution in [2.45, 2.75) is 11.4 Å². The zero-order chi connectivity index (χ0) is 14.8. The normalized spacial score (nSPS) is 11.6. The molecule has 1 aromatic carbocycles. The predicted molar refractivity (Wildman–Crippen MR) is 73.3 cm³/mol. The van der Waals surface area contributed by atoms with E-state index >= 15 is 0 Å². The van der Waals surface area contributed by atoms with Crippen molar-refractivity contribution >= 4 is 15.7 Å². The monoisotopic (exact) mass is 298 g/mol. The molecule has 2 aromatic rings. The molecular formula is C12H15FN4O2S. The summed E-state index contributed by atoms with van der Waals surface area (Å²) in [7, 11) is -2.54. The van der Waals surface area contributed by atoms with Gasteiger partial charge in [0.25, 0.3) is 10.0 Å². The van der Waals surface area contributed by atoms with E-state index in [2.05, 4.69) is 5.10 Å². The number of para-hydroxylation sites is 1. The molecule has 0 amide bonds. The van der Waals surface area contributed by atoms with E-state index in [1.54, 1.807) is 6.07 Å². The number of aromatic nitrogens is 2. The summed E-state index contributed by atoms with van der Waals surface area (Å²) < 4.78 is 40.8. The van der Waals surface area contributed by atoms with E-state index in [4.69, 9.17) is 5.73 Å². The van der Waals surface area contributed by atoms with Gasteiger partial charge in [0.1, 0.15) is 10.7 Å². The van der Waals surface area contributed by atoms with Crippen molar-refractivity contribution in [3.8, 4) is 0 Å². The highest BCUT2D eigenvalue weighted by molar-refractivity contribution is 7.92. The van der Waals surface area contributed by atoms with Gasteiger partial charge in [-0.25, -0.2) is 12.8 Å². The van der Waals surface area contributed by atoms with Crippen LogP contribution in [-0.2, 0) is 16.6 Å². The van der Waals surface area contributed by atoms with Gasteiger partial charge in [-0.3, -0.25) is 8.99 Å². The van der Waals surface area contributed by atoms with Gasteiger partial charge in [-0.2, -0.15) is 5.10 Å². The number of sulfonamides is 1. The van der Waals surface area contributed by atoms with Crippen LogP contribution in [0.5, 0.6) is 0 Å². The van der Waals surface area contributed by atoms with Crippen LogP contribution in [0.4, 0.5) is 10.1 Å². The molecular weight excluding hydrogens is 283 g/mol. The second-order valence-corrected chi connectivity index (χ2v) is 6.12. The molecule has 0 saturated carbocycles. The van der Waals surface area contributed by atoms with Gasteiger partial charge in [0.05, 0.1) is 18.4 Å². The fourth-order valence-electron chi connectivity index (χ4n) is 1.73. The smallest absolute Gasteiger partial charge is 0.267 e. The summed E-state index contributed by atoms with van der Waals surface area (Å²) in [4.78, 5) is -0.00305. The second kappa shape index (κ2) is 5.59. The number of nitrogens with zero attached hydrogens (tertiary/aromatic N) is 3. The minimum Gasteiger partial charge on any atom is -0.329 e. The molecule has 2 N–H and O–H groups in total. The molecule has 6 nitrogen and oxygen atoms in total. The maximum atomic E-state index is 13.7.